The molecule has 0 fully saturated rings. The lowest BCUT2D eigenvalue weighted by Crippen LogP contribution is -2.38. The van der Waals surface area contributed by atoms with E-state index < -0.39 is 28.2 Å². The number of halogens is 3. The van der Waals surface area contributed by atoms with Crippen molar-refractivity contribution in [1.82, 2.24) is 4.72 Å². The molecule has 18 heavy (non-hydrogen) atoms. The second-order valence-electron chi connectivity index (χ2n) is 4.86. The molecule has 1 rings (SSSR count). The Morgan fingerprint density at radius 2 is 1.72 bits per heavy atom. The van der Waals surface area contributed by atoms with E-state index in [1.54, 1.807) is 45.0 Å². The van der Waals surface area contributed by atoms with Crippen LogP contribution in [0.4, 0.5) is 8.78 Å². The molecule has 2 nitrogen and oxygen atoms in total. The standard InChI is InChI=1S/C12H16BrF2NOS/c1-12(2,3)18(17)16-10(11(14)15)8-4-6-9(13)7-5-8/h4-7,10-11,16H,1-3H3/t10-,18?/m1/s1. The normalized spacial score (nSPS) is 15.7. The summed E-state index contributed by atoms with van der Waals surface area (Å²) in [6.45, 7) is 5.21. The van der Waals surface area contributed by atoms with Gasteiger partial charge < -0.3 is 0 Å². The predicted octanol–water partition coefficient (Wildman–Crippen LogP) is 3.81. The van der Waals surface area contributed by atoms with Crippen molar-refractivity contribution in [2.24, 2.45) is 0 Å². The van der Waals surface area contributed by atoms with Crippen molar-refractivity contribution in [3.63, 3.8) is 0 Å². The van der Waals surface area contributed by atoms with Gasteiger partial charge in [0.25, 0.3) is 6.43 Å². The zero-order valence-electron chi connectivity index (χ0n) is 10.4. The SMILES string of the molecule is CC(C)(C)S(=O)N[C@H](c1ccc(Br)cc1)C(F)F. The van der Waals surface area contributed by atoms with E-state index in [1.165, 1.54) is 0 Å². The smallest absolute Gasteiger partial charge is 0.242 e. The molecule has 0 heterocycles. The maximum absolute atomic E-state index is 13.0. The van der Waals surface area contributed by atoms with E-state index in [0.29, 0.717) is 5.56 Å². The quantitative estimate of drug-likeness (QED) is 0.887. The van der Waals surface area contributed by atoms with Crippen LogP contribution in [0.25, 0.3) is 0 Å². The molecule has 0 radical (unpaired) electrons. The van der Waals surface area contributed by atoms with E-state index in [2.05, 4.69) is 20.7 Å². The first-order valence-corrected chi connectivity index (χ1v) is 7.38. The molecule has 1 aromatic rings. The van der Waals surface area contributed by atoms with Crippen LogP contribution < -0.4 is 4.72 Å². The number of hydrogen-bond acceptors (Lipinski definition) is 1. The van der Waals surface area contributed by atoms with Gasteiger partial charge in [0, 0.05) is 4.47 Å². The Morgan fingerprint density at radius 3 is 2.11 bits per heavy atom. The Balaban J connectivity index is 2.91. The summed E-state index contributed by atoms with van der Waals surface area (Å²) in [6.07, 6.45) is -2.61. The third-order valence-electron chi connectivity index (χ3n) is 2.27. The molecular weight excluding hydrogens is 324 g/mol. The number of hydrogen-bond donors (Lipinski definition) is 1. The Morgan fingerprint density at radius 1 is 1.22 bits per heavy atom. The van der Waals surface area contributed by atoms with Crippen molar-refractivity contribution in [3.05, 3.63) is 34.3 Å². The van der Waals surface area contributed by atoms with Gasteiger partial charge in [-0.2, -0.15) is 0 Å². The molecule has 0 bridgehead atoms. The van der Waals surface area contributed by atoms with Crippen LogP contribution in [0, 0.1) is 0 Å². The molecule has 0 aliphatic carbocycles. The fourth-order valence-electron chi connectivity index (χ4n) is 1.23. The van der Waals surface area contributed by atoms with Crippen LogP contribution in [0.2, 0.25) is 0 Å². The Labute approximate surface area is 117 Å². The topological polar surface area (TPSA) is 29.1 Å². The van der Waals surface area contributed by atoms with E-state index in [4.69, 9.17) is 0 Å². The van der Waals surface area contributed by atoms with E-state index in [0.717, 1.165) is 4.47 Å². The summed E-state index contributed by atoms with van der Waals surface area (Å²) < 4.78 is 40.7. The van der Waals surface area contributed by atoms with Crippen molar-refractivity contribution in [2.75, 3.05) is 0 Å². The maximum Gasteiger partial charge on any atom is 0.258 e. The van der Waals surface area contributed by atoms with Gasteiger partial charge in [-0.15, -0.1) is 0 Å². The van der Waals surface area contributed by atoms with Gasteiger partial charge in [0.2, 0.25) is 0 Å². The summed E-state index contributed by atoms with van der Waals surface area (Å²) in [5, 5.41) is 0. The van der Waals surface area contributed by atoms with E-state index in [1.807, 2.05) is 0 Å². The van der Waals surface area contributed by atoms with Gasteiger partial charge in [-0.1, -0.05) is 28.1 Å². The lowest BCUT2D eigenvalue weighted by molar-refractivity contribution is 0.109. The van der Waals surface area contributed by atoms with Crippen LogP contribution in [0.5, 0.6) is 0 Å². The Kier molecular flexibility index (Phi) is 5.43. The monoisotopic (exact) mass is 339 g/mol. The average Bonchev–Trinajstić information content (AvgIpc) is 2.25. The fraction of sp³-hybridized carbons (Fsp3) is 0.500. The highest BCUT2D eigenvalue weighted by Gasteiger charge is 2.28. The van der Waals surface area contributed by atoms with E-state index >= 15 is 0 Å². The molecule has 2 atom stereocenters. The van der Waals surface area contributed by atoms with Crippen molar-refractivity contribution in [1.29, 1.82) is 0 Å². The molecule has 0 aliphatic rings. The third-order valence-corrected chi connectivity index (χ3v) is 4.38. The number of alkyl halides is 2. The minimum Gasteiger partial charge on any atom is -0.242 e. The molecule has 0 amide bonds. The molecule has 0 saturated heterocycles. The lowest BCUT2D eigenvalue weighted by Gasteiger charge is -2.24. The van der Waals surface area contributed by atoms with Gasteiger partial charge in [0.05, 0.1) is 15.7 Å². The molecule has 0 spiro atoms. The molecule has 0 aliphatic heterocycles. The maximum atomic E-state index is 13.0. The van der Waals surface area contributed by atoms with Gasteiger partial charge in [0.1, 0.15) is 6.04 Å². The van der Waals surface area contributed by atoms with E-state index in [9.17, 15) is 13.0 Å². The van der Waals surface area contributed by atoms with Crippen LogP contribution in [0.15, 0.2) is 28.7 Å². The zero-order chi connectivity index (χ0) is 13.9. The first kappa shape index (κ1) is 15.7. The van der Waals surface area contributed by atoms with Crippen LogP contribution in [-0.2, 0) is 11.0 Å². The first-order chi connectivity index (χ1) is 8.21. The number of benzene rings is 1. The third kappa shape index (κ3) is 4.40. The molecule has 6 heteroatoms. The molecule has 0 aromatic heterocycles. The molecule has 1 N–H and O–H groups in total. The summed E-state index contributed by atoms with van der Waals surface area (Å²) in [5.74, 6) is 0. The average molecular weight is 340 g/mol. The summed E-state index contributed by atoms with van der Waals surface area (Å²) in [5.41, 5.74) is 0.422. The minimum atomic E-state index is -2.61. The highest BCUT2D eigenvalue weighted by molar-refractivity contribution is 9.10. The van der Waals surface area contributed by atoms with Crippen molar-refractivity contribution in [3.8, 4) is 0 Å². The van der Waals surface area contributed by atoms with Gasteiger partial charge in [-0.3, -0.25) is 0 Å². The van der Waals surface area contributed by atoms with Gasteiger partial charge in [-0.05, 0) is 38.5 Å². The largest absolute Gasteiger partial charge is 0.258 e. The number of rotatable bonds is 4. The first-order valence-electron chi connectivity index (χ1n) is 5.43. The minimum absolute atomic E-state index is 0.422. The number of nitrogens with one attached hydrogen (secondary N) is 1. The molecular formula is C12H16BrF2NOS. The van der Waals surface area contributed by atoms with Crippen molar-refractivity contribution in [2.45, 2.75) is 38.0 Å². The Bertz CT molecular complexity index is 417. The van der Waals surface area contributed by atoms with Gasteiger partial charge in [-0.25, -0.2) is 17.7 Å². The van der Waals surface area contributed by atoms with Crippen LogP contribution >= 0.6 is 15.9 Å². The highest BCUT2D eigenvalue weighted by atomic mass is 79.9. The summed E-state index contributed by atoms with van der Waals surface area (Å²) in [6, 6.07) is 5.33. The fourth-order valence-corrected chi connectivity index (χ4v) is 2.31. The Hall–Kier alpha value is -0.330. The summed E-state index contributed by atoms with van der Waals surface area (Å²) in [4.78, 5) is 0. The van der Waals surface area contributed by atoms with Crippen LogP contribution in [-0.4, -0.2) is 15.4 Å². The summed E-state index contributed by atoms with van der Waals surface area (Å²) >= 11 is 3.25. The zero-order valence-corrected chi connectivity index (χ0v) is 12.8. The van der Waals surface area contributed by atoms with Gasteiger partial charge >= 0.3 is 0 Å². The second-order valence-corrected chi connectivity index (χ2v) is 7.78. The molecule has 0 saturated carbocycles. The molecule has 1 aromatic carbocycles. The molecule has 102 valence electrons. The second kappa shape index (κ2) is 6.21. The van der Waals surface area contributed by atoms with Crippen LogP contribution in [0.1, 0.15) is 32.4 Å². The van der Waals surface area contributed by atoms with Crippen LogP contribution in [0.3, 0.4) is 0 Å². The van der Waals surface area contributed by atoms with Crippen molar-refractivity contribution < 1.29 is 13.0 Å². The van der Waals surface area contributed by atoms with Gasteiger partial charge in [0.15, 0.2) is 0 Å². The predicted molar refractivity (Wildman–Crippen MR) is 73.9 cm³/mol. The lowest BCUT2D eigenvalue weighted by atomic mass is 10.1. The van der Waals surface area contributed by atoms with E-state index in [-0.39, 0.29) is 0 Å². The molecule has 1 unspecified atom stereocenters. The highest BCUT2D eigenvalue weighted by Crippen LogP contribution is 2.24. The van der Waals surface area contributed by atoms with Crippen molar-refractivity contribution >= 4 is 26.9 Å². The summed E-state index contributed by atoms with van der Waals surface area (Å²) in [7, 11) is -1.54.